The summed E-state index contributed by atoms with van der Waals surface area (Å²) in [5.41, 5.74) is 2.93. The molecular weight excluding hydrogens is 303 g/mol. The van der Waals surface area contributed by atoms with Crippen LogP contribution in [-0.2, 0) is 16.1 Å². The van der Waals surface area contributed by atoms with Gasteiger partial charge in [-0.1, -0.05) is 23.2 Å². The maximum atomic E-state index is 11.2. The number of oxazole rings is 1. The second-order valence-electron chi connectivity index (χ2n) is 3.97. The number of hydrogen-bond donors (Lipinski definition) is 1. The van der Waals surface area contributed by atoms with Gasteiger partial charge in [0.15, 0.2) is 11.7 Å². The van der Waals surface area contributed by atoms with Crippen molar-refractivity contribution in [2.45, 2.75) is 12.8 Å². The van der Waals surface area contributed by atoms with Gasteiger partial charge in [-0.05, 0) is 18.2 Å². The van der Waals surface area contributed by atoms with Crippen LogP contribution in [0, 0.1) is 0 Å². The molecule has 2 rings (SSSR count). The topological polar surface area (TPSA) is 64.4 Å². The van der Waals surface area contributed by atoms with Crippen molar-refractivity contribution in [3.63, 3.8) is 0 Å². The molecule has 0 aliphatic heterocycles. The van der Waals surface area contributed by atoms with Crippen LogP contribution in [0.15, 0.2) is 28.8 Å². The zero-order valence-corrected chi connectivity index (χ0v) is 12.2. The van der Waals surface area contributed by atoms with E-state index in [0.29, 0.717) is 33.7 Å². The molecule has 1 amide bonds. The average Bonchev–Trinajstić information content (AvgIpc) is 2.85. The predicted molar refractivity (Wildman–Crippen MR) is 75.4 cm³/mol. The number of hydroxylamine groups is 1. The lowest BCUT2D eigenvalue weighted by Gasteiger charge is -2.01. The van der Waals surface area contributed by atoms with Crippen molar-refractivity contribution in [3.05, 3.63) is 40.3 Å². The number of benzene rings is 1. The molecule has 1 aromatic carbocycles. The lowest BCUT2D eigenvalue weighted by atomic mass is 10.2. The second-order valence-corrected chi connectivity index (χ2v) is 4.82. The van der Waals surface area contributed by atoms with Gasteiger partial charge in [-0.25, -0.2) is 10.5 Å². The van der Waals surface area contributed by atoms with E-state index in [4.69, 9.17) is 27.6 Å². The highest BCUT2D eigenvalue weighted by Gasteiger charge is 2.11. The van der Waals surface area contributed by atoms with E-state index in [1.165, 1.54) is 7.11 Å². The molecule has 5 nitrogen and oxygen atoms in total. The number of nitrogens with zero attached hydrogens (tertiary/aromatic N) is 1. The number of nitrogens with one attached hydrogen (secondary N) is 1. The molecular formula is C13H12Cl2N2O3. The molecule has 1 aromatic heterocycles. The Bertz CT molecular complexity index is 613. The number of aromatic nitrogens is 1. The third-order valence-electron chi connectivity index (χ3n) is 2.53. The average molecular weight is 315 g/mol. The van der Waals surface area contributed by atoms with Crippen LogP contribution in [0.3, 0.4) is 0 Å². The normalized spacial score (nSPS) is 10.6. The van der Waals surface area contributed by atoms with E-state index >= 15 is 0 Å². The van der Waals surface area contributed by atoms with Gasteiger partial charge in [0.2, 0.25) is 5.91 Å². The Balaban J connectivity index is 2.07. The second kappa shape index (κ2) is 6.74. The number of rotatable bonds is 5. The van der Waals surface area contributed by atoms with Crippen LogP contribution in [0.25, 0.3) is 11.3 Å². The molecule has 7 heteroatoms. The van der Waals surface area contributed by atoms with Gasteiger partial charge in [0.25, 0.3) is 0 Å². The standard InChI is InChI=1S/C13H12Cl2N2O3/c1-19-17-12(18)4-5-13-16-7-11(20-13)9-3-2-8(14)6-10(9)15/h2-3,6-7H,4-5H2,1H3,(H,17,18). The highest BCUT2D eigenvalue weighted by molar-refractivity contribution is 6.36. The fourth-order valence-corrected chi connectivity index (χ4v) is 2.13. The Kier molecular flexibility index (Phi) is 5.00. The summed E-state index contributed by atoms with van der Waals surface area (Å²) in [6, 6.07) is 5.11. The Hall–Kier alpha value is -1.56. The van der Waals surface area contributed by atoms with Crippen molar-refractivity contribution >= 4 is 29.1 Å². The molecule has 0 spiro atoms. The number of amides is 1. The summed E-state index contributed by atoms with van der Waals surface area (Å²) in [5.74, 6) is 0.753. The van der Waals surface area contributed by atoms with Crippen molar-refractivity contribution in [1.29, 1.82) is 0 Å². The summed E-state index contributed by atoms with van der Waals surface area (Å²) in [6.07, 6.45) is 2.17. The number of carbonyl (C=O) groups excluding carboxylic acids is 1. The van der Waals surface area contributed by atoms with Crippen molar-refractivity contribution in [1.82, 2.24) is 10.5 Å². The first-order chi connectivity index (χ1) is 9.60. The highest BCUT2D eigenvalue weighted by atomic mass is 35.5. The van der Waals surface area contributed by atoms with Crippen LogP contribution in [-0.4, -0.2) is 18.0 Å². The highest BCUT2D eigenvalue weighted by Crippen LogP contribution is 2.30. The summed E-state index contributed by atoms with van der Waals surface area (Å²) in [5, 5.41) is 1.03. The first-order valence-electron chi connectivity index (χ1n) is 5.82. The van der Waals surface area contributed by atoms with Crippen LogP contribution in [0.1, 0.15) is 12.3 Å². The predicted octanol–water partition coefficient (Wildman–Crippen LogP) is 3.26. The van der Waals surface area contributed by atoms with Crippen LogP contribution in [0.4, 0.5) is 0 Å². The van der Waals surface area contributed by atoms with Gasteiger partial charge in [0, 0.05) is 23.4 Å². The smallest absolute Gasteiger partial charge is 0.244 e. The molecule has 2 aromatic rings. The fraction of sp³-hybridized carbons (Fsp3) is 0.231. The minimum atomic E-state index is -0.239. The maximum absolute atomic E-state index is 11.2. The van der Waals surface area contributed by atoms with Gasteiger partial charge in [-0.15, -0.1) is 0 Å². The van der Waals surface area contributed by atoms with Crippen molar-refractivity contribution in [2.75, 3.05) is 7.11 Å². The summed E-state index contributed by atoms with van der Waals surface area (Å²) in [7, 11) is 1.38. The van der Waals surface area contributed by atoms with Crippen molar-refractivity contribution in [2.24, 2.45) is 0 Å². The molecule has 0 aliphatic rings. The van der Waals surface area contributed by atoms with Crippen molar-refractivity contribution in [3.8, 4) is 11.3 Å². The first kappa shape index (κ1) is 14.8. The number of hydrogen-bond acceptors (Lipinski definition) is 4. The number of halogens is 2. The monoisotopic (exact) mass is 314 g/mol. The van der Waals surface area contributed by atoms with E-state index in [1.54, 1.807) is 24.4 Å². The van der Waals surface area contributed by atoms with Gasteiger partial charge in [-0.3, -0.25) is 9.63 Å². The van der Waals surface area contributed by atoms with E-state index in [2.05, 4.69) is 15.3 Å². The third kappa shape index (κ3) is 3.72. The molecule has 0 saturated heterocycles. The summed E-state index contributed by atoms with van der Waals surface area (Å²) in [6.45, 7) is 0. The van der Waals surface area contributed by atoms with E-state index in [1.807, 2.05) is 0 Å². The van der Waals surface area contributed by atoms with Gasteiger partial charge in [0.1, 0.15) is 0 Å². The Labute approximate surface area is 125 Å². The quantitative estimate of drug-likeness (QED) is 0.860. The van der Waals surface area contributed by atoms with E-state index in [-0.39, 0.29) is 12.3 Å². The van der Waals surface area contributed by atoms with Gasteiger partial charge in [0.05, 0.1) is 18.3 Å². The van der Waals surface area contributed by atoms with E-state index < -0.39 is 0 Å². The molecule has 106 valence electrons. The molecule has 1 N–H and O–H groups in total. The van der Waals surface area contributed by atoms with Crippen LogP contribution in [0.2, 0.25) is 10.0 Å². The largest absolute Gasteiger partial charge is 0.441 e. The van der Waals surface area contributed by atoms with Gasteiger partial charge < -0.3 is 4.42 Å². The molecule has 0 bridgehead atoms. The first-order valence-corrected chi connectivity index (χ1v) is 6.57. The molecule has 0 aliphatic carbocycles. The molecule has 0 unspecified atom stereocenters. The minimum absolute atomic E-state index is 0.224. The Morgan fingerprint density at radius 2 is 2.25 bits per heavy atom. The summed E-state index contributed by atoms with van der Waals surface area (Å²) >= 11 is 11.9. The zero-order chi connectivity index (χ0) is 14.5. The lowest BCUT2D eigenvalue weighted by Crippen LogP contribution is -2.21. The lowest BCUT2D eigenvalue weighted by molar-refractivity contribution is -0.131. The SMILES string of the molecule is CONC(=O)CCc1ncc(-c2ccc(Cl)cc2Cl)o1. The summed E-state index contributed by atoms with van der Waals surface area (Å²) < 4.78 is 5.56. The third-order valence-corrected chi connectivity index (χ3v) is 3.08. The Morgan fingerprint density at radius 3 is 2.95 bits per heavy atom. The van der Waals surface area contributed by atoms with Crippen molar-refractivity contribution < 1.29 is 14.0 Å². The van der Waals surface area contributed by atoms with E-state index in [0.717, 1.165) is 0 Å². The maximum Gasteiger partial charge on any atom is 0.244 e. The van der Waals surface area contributed by atoms with E-state index in [9.17, 15) is 4.79 Å². The molecule has 0 fully saturated rings. The Morgan fingerprint density at radius 1 is 1.45 bits per heavy atom. The fourth-order valence-electron chi connectivity index (χ4n) is 1.62. The number of aryl methyl sites for hydroxylation is 1. The molecule has 1 heterocycles. The van der Waals surface area contributed by atoms with Crippen LogP contribution >= 0.6 is 23.2 Å². The van der Waals surface area contributed by atoms with Crippen LogP contribution < -0.4 is 5.48 Å². The molecule has 20 heavy (non-hydrogen) atoms. The van der Waals surface area contributed by atoms with Gasteiger partial charge in [-0.2, -0.15) is 0 Å². The van der Waals surface area contributed by atoms with Gasteiger partial charge >= 0.3 is 0 Å². The number of carbonyl (C=O) groups is 1. The molecule has 0 radical (unpaired) electrons. The minimum Gasteiger partial charge on any atom is -0.441 e. The van der Waals surface area contributed by atoms with Crippen LogP contribution in [0.5, 0.6) is 0 Å². The molecule has 0 saturated carbocycles. The molecule has 0 atom stereocenters. The zero-order valence-electron chi connectivity index (χ0n) is 10.7. The summed E-state index contributed by atoms with van der Waals surface area (Å²) in [4.78, 5) is 19.9.